The molecular weight excluding hydrogens is 324 g/mol. The third-order valence-electron chi connectivity index (χ3n) is 2.72. The highest BCUT2D eigenvalue weighted by atomic mass is 79.9. The molecule has 0 spiro atoms. The van der Waals surface area contributed by atoms with Crippen molar-refractivity contribution < 1.29 is 14.6 Å². The van der Waals surface area contributed by atoms with Crippen LogP contribution < -0.4 is 15.4 Å². The number of ether oxygens (including phenoxy) is 1. The summed E-state index contributed by atoms with van der Waals surface area (Å²) >= 11 is 3.37. The summed E-state index contributed by atoms with van der Waals surface area (Å²) in [6.45, 7) is 5.05. The second kappa shape index (κ2) is 8.81. The summed E-state index contributed by atoms with van der Waals surface area (Å²) in [4.78, 5) is 11.8. The van der Waals surface area contributed by atoms with E-state index >= 15 is 0 Å². The van der Waals surface area contributed by atoms with Crippen molar-refractivity contribution in [2.75, 3.05) is 25.1 Å². The summed E-state index contributed by atoms with van der Waals surface area (Å²) in [7, 11) is 0. The molecular formula is C14H21BrN2O3. The number of halogens is 1. The molecule has 2 amide bonds. The number of anilines is 1. The van der Waals surface area contributed by atoms with Crippen LogP contribution in [0.2, 0.25) is 0 Å². The summed E-state index contributed by atoms with van der Waals surface area (Å²) in [6.07, 6.45) is 0.668. The molecule has 5 nitrogen and oxygen atoms in total. The largest absolute Gasteiger partial charge is 0.492 e. The van der Waals surface area contributed by atoms with E-state index in [1.807, 2.05) is 19.9 Å². The van der Waals surface area contributed by atoms with Crippen molar-refractivity contribution in [2.24, 2.45) is 5.92 Å². The first-order chi connectivity index (χ1) is 9.56. The van der Waals surface area contributed by atoms with Gasteiger partial charge in [-0.1, -0.05) is 22.9 Å². The third-order valence-corrected chi connectivity index (χ3v) is 3.22. The topological polar surface area (TPSA) is 70.6 Å². The maximum Gasteiger partial charge on any atom is 0.319 e. The van der Waals surface area contributed by atoms with Gasteiger partial charge in [-0.2, -0.15) is 0 Å². The lowest BCUT2D eigenvalue weighted by atomic mass is 10.1. The fraction of sp³-hybridized carbons (Fsp3) is 0.500. The summed E-state index contributed by atoms with van der Waals surface area (Å²) < 4.78 is 6.33. The zero-order valence-electron chi connectivity index (χ0n) is 11.8. The number of benzene rings is 1. The van der Waals surface area contributed by atoms with Gasteiger partial charge in [0.1, 0.15) is 5.75 Å². The van der Waals surface area contributed by atoms with Crippen LogP contribution in [-0.4, -0.2) is 30.9 Å². The van der Waals surface area contributed by atoms with E-state index in [0.29, 0.717) is 31.0 Å². The highest BCUT2D eigenvalue weighted by molar-refractivity contribution is 9.10. The number of hydrogen-bond donors (Lipinski definition) is 3. The minimum absolute atomic E-state index is 0.130. The predicted molar refractivity (Wildman–Crippen MR) is 83.2 cm³/mol. The van der Waals surface area contributed by atoms with Crippen LogP contribution in [0.15, 0.2) is 22.7 Å². The van der Waals surface area contributed by atoms with E-state index in [0.717, 1.165) is 4.47 Å². The van der Waals surface area contributed by atoms with Crippen LogP contribution >= 0.6 is 15.9 Å². The van der Waals surface area contributed by atoms with Gasteiger partial charge in [0.15, 0.2) is 0 Å². The monoisotopic (exact) mass is 344 g/mol. The van der Waals surface area contributed by atoms with Crippen LogP contribution in [0.5, 0.6) is 5.75 Å². The van der Waals surface area contributed by atoms with Crippen LogP contribution in [0.25, 0.3) is 0 Å². The molecule has 3 N–H and O–H groups in total. The van der Waals surface area contributed by atoms with E-state index in [1.54, 1.807) is 12.1 Å². The molecule has 0 saturated carbocycles. The second-order valence-corrected chi connectivity index (χ2v) is 5.44. The third kappa shape index (κ3) is 5.79. The van der Waals surface area contributed by atoms with Crippen molar-refractivity contribution in [2.45, 2.75) is 20.3 Å². The second-order valence-electron chi connectivity index (χ2n) is 4.53. The van der Waals surface area contributed by atoms with Crippen molar-refractivity contribution in [3.05, 3.63) is 22.7 Å². The van der Waals surface area contributed by atoms with E-state index < -0.39 is 0 Å². The Morgan fingerprint density at radius 3 is 2.90 bits per heavy atom. The van der Waals surface area contributed by atoms with Gasteiger partial charge < -0.3 is 20.5 Å². The quantitative estimate of drug-likeness (QED) is 0.712. The molecule has 1 rings (SSSR count). The minimum Gasteiger partial charge on any atom is -0.492 e. The molecule has 0 aromatic heterocycles. The normalized spacial score (nSPS) is 11.8. The number of urea groups is 1. The Kier molecular flexibility index (Phi) is 7.40. The first-order valence-corrected chi connectivity index (χ1v) is 7.44. The van der Waals surface area contributed by atoms with E-state index in [4.69, 9.17) is 9.84 Å². The van der Waals surface area contributed by atoms with E-state index in [2.05, 4.69) is 26.6 Å². The molecule has 0 heterocycles. The summed E-state index contributed by atoms with van der Waals surface area (Å²) in [5, 5.41) is 14.4. The lowest BCUT2D eigenvalue weighted by Crippen LogP contribution is -2.32. The fourth-order valence-corrected chi connectivity index (χ4v) is 2.00. The number of nitrogens with one attached hydrogen (secondary N) is 2. The van der Waals surface area contributed by atoms with Crippen molar-refractivity contribution in [1.29, 1.82) is 0 Å². The number of aliphatic hydroxyl groups excluding tert-OH is 1. The van der Waals surface area contributed by atoms with E-state index in [1.165, 1.54) is 0 Å². The van der Waals surface area contributed by atoms with Crippen molar-refractivity contribution in [1.82, 2.24) is 5.32 Å². The Balaban J connectivity index is 2.58. The van der Waals surface area contributed by atoms with Crippen molar-refractivity contribution in [3.63, 3.8) is 0 Å². The summed E-state index contributed by atoms with van der Waals surface area (Å²) in [6, 6.07) is 5.17. The summed E-state index contributed by atoms with van der Waals surface area (Å²) in [5.41, 5.74) is 0.619. The lowest BCUT2D eigenvalue weighted by Gasteiger charge is -2.14. The molecule has 1 aromatic carbocycles. The van der Waals surface area contributed by atoms with Gasteiger partial charge in [0.05, 0.1) is 12.3 Å². The molecule has 1 atom stereocenters. The number of carbonyl (C=O) groups is 1. The number of carbonyl (C=O) groups excluding carboxylic acids is 1. The number of rotatable bonds is 7. The van der Waals surface area contributed by atoms with Crippen LogP contribution in [0.4, 0.5) is 10.5 Å². The first-order valence-electron chi connectivity index (χ1n) is 6.64. The van der Waals surface area contributed by atoms with Gasteiger partial charge in [-0.3, -0.25) is 0 Å². The molecule has 6 heteroatoms. The highest BCUT2D eigenvalue weighted by Crippen LogP contribution is 2.28. The van der Waals surface area contributed by atoms with E-state index in [9.17, 15) is 4.79 Å². The molecule has 0 aliphatic heterocycles. The van der Waals surface area contributed by atoms with Gasteiger partial charge >= 0.3 is 6.03 Å². The molecule has 0 fully saturated rings. The average molecular weight is 345 g/mol. The number of amides is 2. The average Bonchev–Trinajstić information content (AvgIpc) is 2.40. The van der Waals surface area contributed by atoms with Gasteiger partial charge in [0, 0.05) is 17.6 Å². The van der Waals surface area contributed by atoms with Gasteiger partial charge in [-0.15, -0.1) is 0 Å². The van der Waals surface area contributed by atoms with Gasteiger partial charge in [0.25, 0.3) is 0 Å². The van der Waals surface area contributed by atoms with Gasteiger partial charge in [0.2, 0.25) is 0 Å². The number of aliphatic hydroxyl groups is 1. The molecule has 0 radical (unpaired) electrons. The molecule has 20 heavy (non-hydrogen) atoms. The molecule has 0 saturated heterocycles. The minimum atomic E-state index is -0.283. The Bertz CT molecular complexity index is 440. The molecule has 0 bridgehead atoms. The Hall–Kier alpha value is -1.27. The molecule has 112 valence electrons. The fourth-order valence-electron chi connectivity index (χ4n) is 1.64. The Labute approximate surface area is 127 Å². The van der Waals surface area contributed by atoms with Crippen molar-refractivity contribution >= 4 is 27.6 Å². The van der Waals surface area contributed by atoms with Crippen LogP contribution in [-0.2, 0) is 0 Å². The van der Waals surface area contributed by atoms with Crippen molar-refractivity contribution in [3.8, 4) is 5.75 Å². The Morgan fingerprint density at radius 2 is 2.25 bits per heavy atom. The standard InChI is InChI=1S/C14H21BrN2O3/c1-3-20-13-5-4-11(15)8-12(13)17-14(19)16-9-10(2)6-7-18/h4-5,8,10,18H,3,6-7,9H2,1-2H3,(H2,16,17,19). The van der Waals surface area contributed by atoms with Gasteiger partial charge in [-0.05, 0) is 37.5 Å². The zero-order valence-corrected chi connectivity index (χ0v) is 13.4. The van der Waals surface area contributed by atoms with Crippen LogP contribution in [0.1, 0.15) is 20.3 Å². The highest BCUT2D eigenvalue weighted by Gasteiger charge is 2.09. The lowest BCUT2D eigenvalue weighted by molar-refractivity contribution is 0.243. The Morgan fingerprint density at radius 1 is 1.50 bits per heavy atom. The maximum atomic E-state index is 11.8. The maximum absolute atomic E-state index is 11.8. The smallest absolute Gasteiger partial charge is 0.319 e. The van der Waals surface area contributed by atoms with E-state index in [-0.39, 0.29) is 18.6 Å². The molecule has 1 aromatic rings. The van der Waals surface area contributed by atoms with Gasteiger partial charge in [-0.25, -0.2) is 4.79 Å². The van der Waals surface area contributed by atoms with Crippen LogP contribution in [0, 0.1) is 5.92 Å². The molecule has 0 aliphatic rings. The predicted octanol–water partition coefficient (Wildman–Crippen LogP) is 2.99. The van der Waals surface area contributed by atoms with Crippen LogP contribution in [0.3, 0.4) is 0 Å². The SMILES string of the molecule is CCOc1ccc(Br)cc1NC(=O)NCC(C)CCO. The zero-order chi connectivity index (χ0) is 15.0. The number of hydrogen-bond acceptors (Lipinski definition) is 3. The first kappa shape index (κ1) is 16.8. The molecule has 1 unspecified atom stereocenters. The molecule has 0 aliphatic carbocycles. The summed E-state index contributed by atoms with van der Waals surface area (Å²) in [5.74, 6) is 0.869.